The molecule has 1 aliphatic carbocycles. The van der Waals surface area contributed by atoms with Crippen LogP contribution in [0.4, 0.5) is 5.82 Å². The first kappa shape index (κ1) is 12.7. The lowest BCUT2D eigenvalue weighted by Crippen LogP contribution is -2.09. The van der Waals surface area contributed by atoms with E-state index in [9.17, 15) is 5.26 Å². The van der Waals surface area contributed by atoms with E-state index in [1.807, 2.05) is 25.5 Å². The second kappa shape index (κ2) is 5.33. The molecule has 5 heteroatoms. The normalized spacial score (nSPS) is 13.0. The first-order valence-corrected chi connectivity index (χ1v) is 6.90. The summed E-state index contributed by atoms with van der Waals surface area (Å²) in [5, 5.41) is 16.7. The van der Waals surface area contributed by atoms with Gasteiger partial charge in [-0.3, -0.25) is 4.68 Å². The van der Waals surface area contributed by atoms with Gasteiger partial charge in [0.15, 0.2) is 0 Å². The Morgan fingerprint density at radius 3 is 3.10 bits per heavy atom. The Bertz CT molecular complexity index is 665. The molecule has 102 valence electrons. The van der Waals surface area contributed by atoms with E-state index >= 15 is 0 Å². The van der Waals surface area contributed by atoms with Crippen LogP contribution in [0.2, 0.25) is 0 Å². The van der Waals surface area contributed by atoms with E-state index in [4.69, 9.17) is 0 Å². The SMILES string of the molecule is Cn1cc(CCNc2nc3c(cc2C#N)CCC3)cn1. The molecule has 3 rings (SSSR count). The lowest BCUT2D eigenvalue weighted by Gasteiger charge is -2.09. The van der Waals surface area contributed by atoms with Gasteiger partial charge in [-0.15, -0.1) is 0 Å². The lowest BCUT2D eigenvalue weighted by molar-refractivity contribution is 0.767. The second-order valence-corrected chi connectivity index (χ2v) is 5.15. The van der Waals surface area contributed by atoms with Gasteiger partial charge in [0.1, 0.15) is 11.9 Å². The molecule has 0 aliphatic heterocycles. The first-order valence-electron chi connectivity index (χ1n) is 6.90. The van der Waals surface area contributed by atoms with Gasteiger partial charge in [0.05, 0.1) is 11.8 Å². The molecule has 0 amide bonds. The highest BCUT2D eigenvalue weighted by atomic mass is 15.2. The number of nitrogens with one attached hydrogen (secondary N) is 1. The number of nitrogens with zero attached hydrogens (tertiary/aromatic N) is 4. The highest BCUT2D eigenvalue weighted by Gasteiger charge is 2.16. The molecule has 1 N–H and O–H groups in total. The molecule has 0 saturated carbocycles. The van der Waals surface area contributed by atoms with E-state index in [0.717, 1.165) is 43.7 Å². The monoisotopic (exact) mass is 267 g/mol. The van der Waals surface area contributed by atoms with E-state index in [2.05, 4.69) is 21.5 Å². The summed E-state index contributed by atoms with van der Waals surface area (Å²) in [4.78, 5) is 4.61. The van der Waals surface area contributed by atoms with Crippen LogP contribution < -0.4 is 5.32 Å². The van der Waals surface area contributed by atoms with Crippen LogP contribution in [0.15, 0.2) is 18.5 Å². The van der Waals surface area contributed by atoms with Crippen LogP contribution in [0.25, 0.3) is 0 Å². The summed E-state index contributed by atoms with van der Waals surface area (Å²) in [6, 6.07) is 4.22. The summed E-state index contributed by atoms with van der Waals surface area (Å²) in [5.74, 6) is 0.719. The van der Waals surface area contributed by atoms with Gasteiger partial charge in [-0.1, -0.05) is 0 Å². The Morgan fingerprint density at radius 2 is 2.35 bits per heavy atom. The average molecular weight is 267 g/mol. The molecule has 2 heterocycles. The molecule has 20 heavy (non-hydrogen) atoms. The summed E-state index contributed by atoms with van der Waals surface area (Å²) in [7, 11) is 1.91. The smallest absolute Gasteiger partial charge is 0.144 e. The zero-order valence-corrected chi connectivity index (χ0v) is 11.6. The van der Waals surface area contributed by atoms with Crippen molar-refractivity contribution in [3.05, 3.63) is 40.8 Å². The Morgan fingerprint density at radius 1 is 1.45 bits per heavy atom. The average Bonchev–Trinajstić information content (AvgIpc) is 3.06. The van der Waals surface area contributed by atoms with E-state index < -0.39 is 0 Å². The molecule has 5 nitrogen and oxygen atoms in total. The second-order valence-electron chi connectivity index (χ2n) is 5.15. The zero-order chi connectivity index (χ0) is 13.9. The number of fused-ring (bicyclic) bond motifs is 1. The third-order valence-corrected chi connectivity index (χ3v) is 3.64. The predicted molar refractivity (Wildman–Crippen MR) is 76.4 cm³/mol. The molecule has 0 fully saturated rings. The fourth-order valence-electron chi connectivity index (χ4n) is 2.62. The molecule has 2 aromatic rings. The third-order valence-electron chi connectivity index (χ3n) is 3.64. The number of hydrogen-bond acceptors (Lipinski definition) is 4. The maximum atomic E-state index is 9.23. The minimum atomic E-state index is 0.650. The standard InChI is InChI=1S/C15H17N5/c1-20-10-11(9-18-20)5-6-17-15-13(8-16)7-12-3-2-4-14(12)19-15/h7,9-10H,2-6H2,1H3,(H,17,19). The van der Waals surface area contributed by atoms with Gasteiger partial charge in [0, 0.05) is 25.5 Å². The molecular weight excluding hydrogens is 250 g/mol. The summed E-state index contributed by atoms with van der Waals surface area (Å²) in [6.45, 7) is 0.756. The number of hydrogen-bond donors (Lipinski definition) is 1. The van der Waals surface area contributed by atoms with Crippen molar-refractivity contribution in [2.75, 3.05) is 11.9 Å². The van der Waals surface area contributed by atoms with Crippen molar-refractivity contribution in [3.8, 4) is 6.07 Å². The van der Waals surface area contributed by atoms with E-state index in [-0.39, 0.29) is 0 Å². The predicted octanol–water partition coefficient (Wildman–Crippen LogP) is 1.83. The van der Waals surface area contributed by atoms with Crippen molar-refractivity contribution in [1.82, 2.24) is 14.8 Å². The molecule has 0 saturated heterocycles. The largest absolute Gasteiger partial charge is 0.369 e. The fraction of sp³-hybridized carbons (Fsp3) is 0.400. The lowest BCUT2D eigenvalue weighted by atomic mass is 10.1. The Labute approximate surface area is 118 Å². The number of anilines is 1. The van der Waals surface area contributed by atoms with E-state index in [1.54, 1.807) is 4.68 Å². The van der Waals surface area contributed by atoms with Gasteiger partial charge in [-0.2, -0.15) is 10.4 Å². The third kappa shape index (κ3) is 2.50. The summed E-state index contributed by atoms with van der Waals surface area (Å²) >= 11 is 0. The van der Waals surface area contributed by atoms with Crippen LogP contribution in [-0.4, -0.2) is 21.3 Å². The van der Waals surface area contributed by atoms with E-state index in [1.165, 1.54) is 11.1 Å². The van der Waals surface area contributed by atoms with Crippen molar-refractivity contribution in [1.29, 1.82) is 5.26 Å². The van der Waals surface area contributed by atoms with Crippen LogP contribution in [0.1, 0.15) is 28.8 Å². The van der Waals surface area contributed by atoms with Crippen LogP contribution >= 0.6 is 0 Å². The Hall–Kier alpha value is -2.35. The Balaban J connectivity index is 1.69. The Kier molecular flexibility index (Phi) is 3.38. The van der Waals surface area contributed by atoms with Gasteiger partial charge in [0.25, 0.3) is 0 Å². The number of aryl methyl sites for hydroxylation is 3. The number of pyridine rings is 1. The maximum absolute atomic E-state index is 9.23. The van der Waals surface area contributed by atoms with Crippen molar-refractivity contribution >= 4 is 5.82 Å². The van der Waals surface area contributed by atoms with Crippen LogP contribution in [0, 0.1) is 11.3 Å². The summed E-state index contributed by atoms with van der Waals surface area (Å²) in [6.07, 6.45) is 7.96. The topological polar surface area (TPSA) is 66.5 Å². The number of aromatic nitrogens is 3. The fourth-order valence-corrected chi connectivity index (χ4v) is 2.62. The molecule has 0 radical (unpaired) electrons. The summed E-state index contributed by atoms with van der Waals surface area (Å²) < 4.78 is 1.80. The molecule has 0 aromatic carbocycles. The van der Waals surface area contributed by atoms with Crippen LogP contribution in [0.3, 0.4) is 0 Å². The first-order chi connectivity index (χ1) is 9.76. The minimum absolute atomic E-state index is 0.650. The molecule has 0 spiro atoms. The maximum Gasteiger partial charge on any atom is 0.144 e. The van der Waals surface area contributed by atoms with Crippen molar-refractivity contribution in [2.45, 2.75) is 25.7 Å². The quantitative estimate of drug-likeness (QED) is 0.917. The molecule has 1 aliphatic rings. The van der Waals surface area contributed by atoms with Crippen molar-refractivity contribution in [2.24, 2.45) is 7.05 Å². The van der Waals surface area contributed by atoms with Gasteiger partial charge in [0.2, 0.25) is 0 Å². The molecule has 2 aromatic heterocycles. The van der Waals surface area contributed by atoms with Crippen LogP contribution in [-0.2, 0) is 26.3 Å². The van der Waals surface area contributed by atoms with Gasteiger partial charge < -0.3 is 5.32 Å². The highest BCUT2D eigenvalue weighted by molar-refractivity contribution is 5.55. The minimum Gasteiger partial charge on any atom is -0.369 e. The molecular formula is C15H17N5. The molecule has 0 bridgehead atoms. The molecule has 0 unspecified atom stereocenters. The molecule has 0 atom stereocenters. The van der Waals surface area contributed by atoms with Gasteiger partial charge in [-0.25, -0.2) is 4.98 Å². The zero-order valence-electron chi connectivity index (χ0n) is 11.6. The van der Waals surface area contributed by atoms with Crippen molar-refractivity contribution in [3.63, 3.8) is 0 Å². The summed E-state index contributed by atoms with van der Waals surface area (Å²) in [5.41, 5.74) is 4.21. The van der Waals surface area contributed by atoms with Crippen LogP contribution in [0.5, 0.6) is 0 Å². The van der Waals surface area contributed by atoms with E-state index in [0.29, 0.717) is 5.56 Å². The van der Waals surface area contributed by atoms with Gasteiger partial charge >= 0.3 is 0 Å². The highest BCUT2D eigenvalue weighted by Crippen LogP contribution is 2.24. The van der Waals surface area contributed by atoms with Gasteiger partial charge in [-0.05, 0) is 42.9 Å². The number of rotatable bonds is 4. The van der Waals surface area contributed by atoms with Crippen molar-refractivity contribution < 1.29 is 0 Å². The number of nitriles is 1.